The Morgan fingerprint density at radius 1 is 1.33 bits per heavy atom. The summed E-state index contributed by atoms with van der Waals surface area (Å²) in [5.74, 6) is 0.235. The summed E-state index contributed by atoms with van der Waals surface area (Å²) < 4.78 is -0.277. The molecular formula is C17H22N2OS. The highest BCUT2D eigenvalue weighted by molar-refractivity contribution is 8.00. The largest absolute Gasteiger partial charge is 0.343 e. The molecule has 0 saturated carbocycles. The molecule has 21 heavy (non-hydrogen) atoms. The van der Waals surface area contributed by atoms with Gasteiger partial charge in [0.25, 0.3) is 0 Å². The lowest BCUT2D eigenvalue weighted by atomic mass is 9.97. The number of rotatable bonds is 5. The summed E-state index contributed by atoms with van der Waals surface area (Å²) in [5, 5.41) is 9.26. The molecule has 4 heteroatoms. The number of piperidine rings is 1. The molecule has 0 aliphatic carbocycles. The van der Waals surface area contributed by atoms with Crippen molar-refractivity contribution in [3.05, 3.63) is 35.9 Å². The molecule has 0 bridgehead atoms. The Hall–Kier alpha value is -1.47. The molecule has 112 valence electrons. The van der Waals surface area contributed by atoms with E-state index in [1.54, 1.807) is 11.8 Å². The Bertz CT molecular complexity index is 501. The van der Waals surface area contributed by atoms with Crippen LogP contribution in [0, 0.1) is 11.3 Å². The second-order valence-corrected chi connectivity index (χ2v) is 6.72. The molecule has 1 heterocycles. The Morgan fingerprint density at radius 3 is 2.57 bits per heavy atom. The highest BCUT2D eigenvalue weighted by atomic mass is 32.2. The van der Waals surface area contributed by atoms with E-state index in [1.165, 1.54) is 5.56 Å². The van der Waals surface area contributed by atoms with Crippen molar-refractivity contribution in [3.8, 4) is 6.07 Å². The minimum absolute atomic E-state index is 0.235. The summed E-state index contributed by atoms with van der Waals surface area (Å²) in [5.41, 5.74) is 1.29. The normalized spacial score (nSPS) is 17.2. The van der Waals surface area contributed by atoms with Crippen LogP contribution in [0.25, 0.3) is 0 Å². The van der Waals surface area contributed by atoms with Crippen LogP contribution in [0.3, 0.4) is 0 Å². The summed E-state index contributed by atoms with van der Waals surface area (Å²) in [7, 11) is 0. The number of carbonyl (C=O) groups excluding carboxylic acids is 1. The SMILES string of the molecule is CSC1(C#N)CCN(C(=O)CCCc2ccccc2)CC1. The van der Waals surface area contributed by atoms with Gasteiger partial charge in [-0.3, -0.25) is 4.79 Å². The van der Waals surface area contributed by atoms with E-state index in [1.807, 2.05) is 29.4 Å². The summed E-state index contributed by atoms with van der Waals surface area (Å²) in [6.45, 7) is 1.44. The summed E-state index contributed by atoms with van der Waals surface area (Å²) >= 11 is 1.62. The van der Waals surface area contributed by atoms with Crippen molar-refractivity contribution < 1.29 is 4.79 Å². The van der Waals surface area contributed by atoms with E-state index in [4.69, 9.17) is 0 Å². The van der Waals surface area contributed by atoms with Crippen LogP contribution in [0.2, 0.25) is 0 Å². The Morgan fingerprint density at radius 2 is 2.00 bits per heavy atom. The van der Waals surface area contributed by atoms with Crippen LogP contribution >= 0.6 is 11.8 Å². The first-order chi connectivity index (χ1) is 10.2. The van der Waals surface area contributed by atoms with Gasteiger partial charge in [0, 0.05) is 19.5 Å². The third-order valence-electron chi connectivity index (χ3n) is 4.22. The summed E-state index contributed by atoms with van der Waals surface area (Å²) in [6.07, 6.45) is 6.01. The van der Waals surface area contributed by atoms with Gasteiger partial charge in [-0.1, -0.05) is 30.3 Å². The first-order valence-electron chi connectivity index (χ1n) is 7.47. The molecular weight excluding hydrogens is 280 g/mol. The Labute approximate surface area is 131 Å². The van der Waals surface area contributed by atoms with Crippen molar-refractivity contribution in [1.82, 2.24) is 4.90 Å². The molecule has 1 aromatic rings. The van der Waals surface area contributed by atoms with Crippen LogP contribution in [-0.4, -0.2) is 34.9 Å². The summed E-state index contributed by atoms with van der Waals surface area (Å²) in [6, 6.07) is 12.7. The predicted octanol–water partition coefficient (Wildman–Crippen LogP) is 3.26. The zero-order chi connectivity index (χ0) is 15.1. The minimum Gasteiger partial charge on any atom is -0.343 e. The molecule has 0 unspecified atom stereocenters. The van der Waals surface area contributed by atoms with E-state index >= 15 is 0 Å². The van der Waals surface area contributed by atoms with Gasteiger partial charge in [-0.15, -0.1) is 11.8 Å². The lowest BCUT2D eigenvalue weighted by Crippen LogP contribution is -2.44. The topological polar surface area (TPSA) is 44.1 Å². The third kappa shape index (κ3) is 4.25. The third-order valence-corrected chi connectivity index (χ3v) is 5.50. The molecule has 1 saturated heterocycles. The molecule has 3 nitrogen and oxygen atoms in total. The van der Waals surface area contributed by atoms with Crippen molar-refractivity contribution in [1.29, 1.82) is 5.26 Å². The number of nitrogens with zero attached hydrogens (tertiary/aromatic N) is 2. The number of nitriles is 1. The number of hydrogen-bond donors (Lipinski definition) is 0. The zero-order valence-corrected chi connectivity index (χ0v) is 13.4. The number of carbonyl (C=O) groups is 1. The monoisotopic (exact) mass is 302 g/mol. The fourth-order valence-electron chi connectivity index (χ4n) is 2.73. The van der Waals surface area contributed by atoms with Crippen LogP contribution in [0.15, 0.2) is 30.3 Å². The quantitative estimate of drug-likeness (QED) is 0.838. The van der Waals surface area contributed by atoms with Crippen LogP contribution in [0.4, 0.5) is 0 Å². The van der Waals surface area contributed by atoms with E-state index in [9.17, 15) is 10.1 Å². The van der Waals surface area contributed by atoms with Gasteiger partial charge in [-0.25, -0.2) is 0 Å². The number of hydrogen-bond acceptors (Lipinski definition) is 3. The minimum atomic E-state index is -0.277. The number of aryl methyl sites for hydroxylation is 1. The first-order valence-corrected chi connectivity index (χ1v) is 8.70. The average Bonchev–Trinajstić information content (AvgIpc) is 2.56. The molecule has 1 aliphatic rings. The van der Waals surface area contributed by atoms with E-state index in [-0.39, 0.29) is 10.7 Å². The number of thioether (sulfide) groups is 1. The van der Waals surface area contributed by atoms with Crippen LogP contribution in [-0.2, 0) is 11.2 Å². The first kappa shape index (κ1) is 15.9. The smallest absolute Gasteiger partial charge is 0.222 e. The van der Waals surface area contributed by atoms with Gasteiger partial charge >= 0.3 is 0 Å². The van der Waals surface area contributed by atoms with Gasteiger partial charge < -0.3 is 4.90 Å². The van der Waals surface area contributed by atoms with Crippen LogP contribution < -0.4 is 0 Å². The molecule has 1 fully saturated rings. The molecule has 0 spiro atoms. The lowest BCUT2D eigenvalue weighted by Gasteiger charge is -2.36. The molecule has 0 atom stereocenters. The molecule has 1 aromatic carbocycles. The highest BCUT2D eigenvalue weighted by Crippen LogP contribution is 2.33. The lowest BCUT2D eigenvalue weighted by molar-refractivity contribution is -0.132. The van der Waals surface area contributed by atoms with E-state index < -0.39 is 0 Å². The van der Waals surface area contributed by atoms with Crippen molar-refractivity contribution >= 4 is 17.7 Å². The molecule has 0 N–H and O–H groups in total. The predicted molar refractivity (Wildman–Crippen MR) is 87.1 cm³/mol. The molecule has 0 aromatic heterocycles. The van der Waals surface area contributed by atoms with Gasteiger partial charge in [0.15, 0.2) is 0 Å². The Balaban J connectivity index is 1.74. The van der Waals surface area contributed by atoms with Gasteiger partial charge in [-0.2, -0.15) is 5.26 Å². The van der Waals surface area contributed by atoms with Crippen molar-refractivity contribution in [2.75, 3.05) is 19.3 Å². The average molecular weight is 302 g/mol. The zero-order valence-electron chi connectivity index (χ0n) is 12.5. The molecule has 1 amide bonds. The Kier molecular flexibility index (Phi) is 5.69. The van der Waals surface area contributed by atoms with E-state index in [2.05, 4.69) is 18.2 Å². The van der Waals surface area contributed by atoms with Gasteiger partial charge in [0.1, 0.15) is 4.75 Å². The number of likely N-dealkylation sites (tertiary alicyclic amines) is 1. The highest BCUT2D eigenvalue weighted by Gasteiger charge is 2.35. The number of amides is 1. The standard InChI is InChI=1S/C17H22N2OS/c1-21-17(14-18)10-12-19(13-11-17)16(20)9-5-8-15-6-3-2-4-7-15/h2-4,6-7H,5,8-13H2,1H3. The van der Waals surface area contributed by atoms with Crippen LogP contribution in [0.5, 0.6) is 0 Å². The second kappa shape index (κ2) is 7.51. The number of benzene rings is 1. The molecule has 1 aliphatic heterocycles. The maximum absolute atomic E-state index is 12.2. The fraction of sp³-hybridized carbons (Fsp3) is 0.529. The van der Waals surface area contributed by atoms with Gasteiger partial charge in [-0.05, 0) is 37.5 Å². The van der Waals surface area contributed by atoms with E-state index in [0.717, 1.165) is 38.8 Å². The van der Waals surface area contributed by atoms with Crippen molar-refractivity contribution in [3.63, 3.8) is 0 Å². The van der Waals surface area contributed by atoms with Crippen LogP contribution in [0.1, 0.15) is 31.2 Å². The second-order valence-electron chi connectivity index (χ2n) is 5.53. The van der Waals surface area contributed by atoms with Crippen molar-refractivity contribution in [2.45, 2.75) is 36.9 Å². The summed E-state index contributed by atoms with van der Waals surface area (Å²) in [4.78, 5) is 14.1. The maximum Gasteiger partial charge on any atom is 0.222 e. The molecule has 0 radical (unpaired) electrons. The van der Waals surface area contributed by atoms with Crippen molar-refractivity contribution in [2.24, 2.45) is 0 Å². The fourth-order valence-corrected chi connectivity index (χ4v) is 3.41. The van der Waals surface area contributed by atoms with E-state index in [0.29, 0.717) is 6.42 Å². The maximum atomic E-state index is 12.2. The van der Waals surface area contributed by atoms with Gasteiger partial charge in [0.05, 0.1) is 6.07 Å². The molecule has 2 rings (SSSR count). The van der Waals surface area contributed by atoms with Gasteiger partial charge in [0.2, 0.25) is 5.91 Å².